The molecular weight excluding hydrogens is 239 g/mol. The summed E-state index contributed by atoms with van der Waals surface area (Å²) in [5.74, 6) is -2.73. The van der Waals surface area contributed by atoms with E-state index in [0.717, 1.165) is 12.1 Å². The molecule has 5 nitrogen and oxygen atoms in total. The van der Waals surface area contributed by atoms with Crippen molar-refractivity contribution in [2.24, 2.45) is 11.7 Å². The minimum Gasteiger partial charge on any atom is -0.478 e. The first-order chi connectivity index (χ1) is 8.32. The van der Waals surface area contributed by atoms with Crippen LogP contribution in [-0.2, 0) is 4.79 Å². The van der Waals surface area contributed by atoms with Crippen molar-refractivity contribution in [3.05, 3.63) is 29.6 Å². The predicted molar refractivity (Wildman–Crippen MR) is 64.8 cm³/mol. The summed E-state index contributed by atoms with van der Waals surface area (Å²) < 4.78 is 13.1. The quantitative estimate of drug-likeness (QED) is 0.758. The highest BCUT2D eigenvalue weighted by Crippen LogP contribution is 2.15. The number of rotatable bonds is 4. The summed E-state index contributed by atoms with van der Waals surface area (Å²) in [6, 6.07) is 2.62. The number of amides is 1. The van der Waals surface area contributed by atoms with Gasteiger partial charge in [-0.05, 0) is 24.1 Å². The Labute approximate surface area is 104 Å². The Morgan fingerprint density at radius 3 is 2.50 bits per heavy atom. The normalized spacial score (nSPS) is 12.3. The molecule has 1 atom stereocenters. The van der Waals surface area contributed by atoms with E-state index in [1.165, 1.54) is 6.07 Å². The fraction of sp³-hybridized carbons (Fsp3) is 0.333. The lowest BCUT2D eigenvalue weighted by Crippen LogP contribution is -2.39. The van der Waals surface area contributed by atoms with Gasteiger partial charge in [0.15, 0.2) is 0 Å². The van der Waals surface area contributed by atoms with Gasteiger partial charge < -0.3 is 16.2 Å². The van der Waals surface area contributed by atoms with E-state index < -0.39 is 29.3 Å². The van der Waals surface area contributed by atoms with Crippen LogP contribution in [0.3, 0.4) is 0 Å². The minimum absolute atomic E-state index is 0.0515. The molecule has 0 aromatic heterocycles. The molecule has 1 aromatic carbocycles. The van der Waals surface area contributed by atoms with Crippen LogP contribution in [0.15, 0.2) is 18.2 Å². The zero-order chi connectivity index (χ0) is 13.9. The number of nitrogens with two attached hydrogens (primary N) is 1. The van der Waals surface area contributed by atoms with Crippen molar-refractivity contribution in [1.29, 1.82) is 0 Å². The summed E-state index contributed by atoms with van der Waals surface area (Å²) in [6.45, 7) is 3.58. The molecule has 18 heavy (non-hydrogen) atoms. The topological polar surface area (TPSA) is 92.4 Å². The maximum Gasteiger partial charge on any atom is 0.338 e. The van der Waals surface area contributed by atoms with Crippen LogP contribution < -0.4 is 11.1 Å². The van der Waals surface area contributed by atoms with Gasteiger partial charge in [0.1, 0.15) is 5.82 Å². The smallest absolute Gasteiger partial charge is 0.338 e. The monoisotopic (exact) mass is 254 g/mol. The third-order valence-corrected chi connectivity index (χ3v) is 2.49. The number of carboxylic acid groups (broad SMARTS) is 1. The van der Waals surface area contributed by atoms with Gasteiger partial charge in [0.05, 0.1) is 11.6 Å². The maximum atomic E-state index is 13.1. The van der Waals surface area contributed by atoms with Crippen LogP contribution in [0.25, 0.3) is 0 Å². The summed E-state index contributed by atoms with van der Waals surface area (Å²) in [7, 11) is 0. The first-order valence-corrected chi connectivity index (χ1v) is 5.42. The van der Waals surface area contributed by atoms with Crippen molar-refractivity contribution in [1.82, 2.24) is 0 Å². The van der Waals surface area contributed by atoms with Gasteiger partial charge in [-0.15, -0.1) is 0 Å². The Hall–Kier alpha value is -1.95. The summed E-state index contributed by atoms with van der Waals surface area (Å²) in [4.78, 5) is 22.4. The van der Waals surface area contributed by atoms with Crippen LogP contribution in [0.1, 0.15) is 24.2 Å². The van der Waals surface area contributed by atoms with E-state index in [1.54, 1.807) is 13.8 Å². The zero-order valence-corrected chi connectivity index (χ0v) is 10.1. The number of benzene rings is 1. The first kappa shape index (κ1) is 14.1. The van der Waals surface area contributed by atoms with Crippen molar-refractivity contribution in [2.75, 3.05) is 5.32 Å². The van der Waals surface area contributed by atoms with Gasteiger partial charge in [-0.25, -0.2) is 9.18 Å². The van der Waals surface area contributed by atoms with E-state index >= 15 is 0 Å². The summed E-state index contributed by atoms with van der Waals surface area (Å²) in [5.41, 5.74) is 5.34. The second kappa shape index (κ2) is 5.59. The Kier molecular flexibility index (Phi) is 4.38. The van der Waals surface area contributed by atoms with Crippen molar-refractivity contribution >= 4 is 17.6 Å². The van der Waals surface area contributed by atoms with E-state index in [-0.39, 0.29) is 11.6 Å². The Bertz CT molecular complexity index is 474. The number of carboxylic acids is 1. The lowest BCUT2D eigenvalue weighted by molar-refractivity contribution is -0.118. The third-order valence-electron chi connectivity index (χ3n) is 2.49. The van der Waals surface area contributed by atoms with E-state index in [2.05, 4.69) is 5.32 Å². The molecule has 0 bridgehead atoms. The van der Waals surface area contributed by atoms with E-state index in [9.17, 15) is 14.0 Å². The van der Waals surface area contributed by atoms with E-state index in [0.29, 0.717) is 0 Å². The summed E-state index contributed by atoms with van der Waals surface area (Å²) in [5, 5.41) is 11.2. The van der Waals surface area contributed by atoms with E-state index in [4.69, 9.17) is 10.8 Å². The van der Waals surface area contributed by atoms with Crippen LogP contribution in [0.2, 0.25) is 0 Å². The SMILES string of the molecule is CC(C)C(N)C(=O)Nc1ccc(F)c(C(=O)O)c1. The highest BCUT2D eigenvalue weighted by molar-refractivity contribution is 5.96. The summed E-state index contributed by atoms with van der Waals surface area (Å²) >= 11 is 0. The van der Waals surface area contributed by atoms with Gasteiger partial charge >= 0.3 is 5.97 Å². The molecule has 0 aliphatic heterocycles. The molecule has 4 N–H and O–H groups in total. The van der Waals surface area contributed by atoms with Crippen molar-refractivity contribution < 1.29 is 19.1 Å². The molecule has 1 unspecified atom stereocenters. The Morgan fingerprint density at radius 1 is 1.39 bits per heavy atom. The van der Waals surface area contributed by atoms with Crippen molar-refractivity contribution in [3.8, 4) is 0 Å². The fourth-order valence-electron chi connectivity index (χ4n) is 1.30. The standard InChI is InChI=1S/C12H15FN2O3/c1-6(2)10(14)11(16)15-7-3-4-9(13)8(5-7)12(17)18/h3-6,10H,14H2,1-2H3,(H,15,16)(H,17,18). The van der Waals surface area contributed by atoms with Gasteiger partial charge in [-0.2, -0.15) is 0 Å². The molecular formula is C12H15FN2O3. The number of anilines is 1. The molecule has 0 saturated carbocycles. The Morgan fingerprint density at radius 2 is 2.00 bits per heavy atom. The summed E-state index contributed by atoms with van der Waals surface area (Å²) in [6.07, 6.45) is 0. The average Bonchev–Trinajstić information content (AvgIpc) is 2.29. The lowest BCUT2D eigenvalue weighted by atomic mass is 10.0. The second-order valence-electron chi connectivity index (χ2n) is 4.26. The molecule has 0 fully saturated rings. The second-order valence-corrected chi connectivity index (χ2v) is 4.26. The van der Waals surface area contributed by atoms with Gasteiger partial charge in [0.2, 0.25) is 5.91 Å². The molecule has 0 aliphatic carbocycles. The highest BCUT2D eigenvalue weighted by atomic mass is 19.1. The van der Waals surface area contributed by atoms with Gasteiger partial charge in [-0.1, -0.05) is 13.8 Å². The number of halogens is 1. The molecule has 0 spiro atoms. The van der Waals surface area contributed by atoms with Gasteiger partial charge in [0.25, 0.3) is 0 Å². The number of aromatic carboxylic acids is 1. The molecule has 0 aliphatic rings. The van der Waals surface area contributed by atoms with Crippen LogP contribution >= 0.6 is 0 Å². The highest BCUT2D eigenvalue weighted by Gasteiger charge is 2.18. The van der Waals surface area contributed by atoms with Crippen LogP contribution in [-0.4, -0.2) is 23.0 Å². The molecule has 98 valence electrons. The Balaban J connectivity index is 2.89. The van der Waals surface area contributed by atoms with Crippen molar-refractivity contribution in [2.45, 2.75) is 19.9 Å². The molecule has 0 saturated heterocycles. The predicted octanol–water partition coefficient (Wildman–Crippen LogP) is 1.45. The molecule has 6 heteroatoms. The minimum atomic E-state index is -1.39. The number of carbonyl (C=O) groups excluding carboxylic acids is 1. The number of nitrogens with one attached hydrogen (secondary N) is 1. The molecule has 0 heterocycles. The number of hydrogen-bond donors (Lipinski definition) is 3. The maximum absolute atomic E-state index is 13.1. The lowest BCUT2D eigenvalue weighted by Gasteiger charge is -2.15. The van der Waals surface area contributed by atoms with Crippen LogP contribution in [0.4, 0.5) is 10.1 Å². The largest absolute Gasteiger partial charge is 0.478 e. The average molecular weight is 254 g/mol. The van der Waals surface area contributed by atoms with E-state index in [1.807, 2.05) is 0 Å². The van der Waals surface area contributed by atoms with Gasteiger partial charge in [0, 0.05) is 5.69 Å². The van der Waals surface area contributed by atoms with Crippen molar-refractivity contribution in [3.63, 3.8) is 0 Å². The zero-order valence-electron chi connectivity index (χ0n) is 10.1. The fourth-order valence-corrected chi connectivity index (χ4v) is 1.30. The van der Waals surface area contributed by atoms with Crippen LogP contribution in [0, 0.1) is 11.7 Å². The molecule has 1 aromatic rings. The first-order valence-electron chi connectivity index (χ1n) is 5.42. The van der Waals surface area contributed by atoms with Crippen LogP contribution in [0.5, 0.6) is 0 Å². The molecule has 1 amide bonds. The number of carbonyl (C=O) groups is 2. The third kappa shape index (κ3) is 3.27. The molecule has 1 rings (SSSR count). The molecule has 0 radical (unpaired) electrons. The number of hydrogen-bond acceptors (Lipinski definition) is 3. The van der Waals surface area contributed by atoms with Gasteiger partial charge in [-0.3, -0.25) is 4.79 Å².